The van der Waals surface area contributed by atoms with E-state index in [-0.39, 0.29) is 24.7 Å². The predicted octanol–water partition coefficient (Wildman–Crippen LogP) is 2.80. The number of urea groups is 1. The van der Waals surface area contributed by atoms with Crippen molar-refractivity contribution in [2.75, 3.05) is 13.1 Å². The van der Waals surface area contributed by atoms with Gasteiger partial charge in [0.05, 0.1) is 0 Å². The maximum atomic E-state index is 12.7. The molecule has 1 saturated carbocycles. The minimum atomic E-state index is -0.956. The molecule has 1 N–H and O–H groups in total. The summed E-state index contributed by atoms with van der Waals surface area (Å²) >= 11 is 0. The van der Waals surface area contributed by atoms with E-state index in [0.29, 0.717) is 12.5 Å². The Morgan fingerprint density at radius 1 is 1.15 bits per heavy atom. The Morgan fingerprint density at radius 3 is 2.10 bits per heavy atom. The summed E-state index contributed by atoms with van der Waals surface area (Å²) in [6.07, 6.45) is 4.40. The lowest BCUT2D eigenvalue weighted by Crippen LogP contribution is -2.52. The van der Waals surface area contributed by atoms with Crippen LogP contribution >= 0.6 is 0 Å². The summed E-state index contributed by atoms with van der Waals surface area (Å²) in [5, 5.41) is 9.00. The van der Waals surface area contributed by atoms with E-state index in [4.69, 9.17) is 5.11 Å². The molecule has 0 aromatic rings. The van der Waals surface area contributed by atoms with Gasteiger partial charge in [-0.3, -0.25) is 4.79 Å². The molecule has 0 spiro atoms. The van der Waals surface area contributed by atoms with Gasteiger partial charge in [0, 0.05) is 18.6 Å². The third kappa shape index (κ3) is 4.69. The van der Waals surface area contributed by atoms with Gasteiger partial charge < -0.3 is 14.9 Å². The summed E-state index contributed by atoms with van der Waals surface area (Å²) < 4.78 is 0. The van der Waals surface area contributed by atoms with Crippen molar-refractivity contribution in [2.24, 2.45) is 5.92 Å². The molecule has 0 aromatic heterocycles. The predicted molar refractivity (Wildman–Crippen MR) is 78.7 cm³/mol. The molecule has 5 nitrogen and oxygen atoms in total. The lowest BCUT2D eigenvalue weighted by Gasteiger charge is -2.36. The molecule has 0 saturated heterocycles. The van der Waals surface area contributed by atoms with E-state index in [9.17, 15) is 9.59 Å². The van der Waals surface area contributed by atoms with Gasteiger partial charge in [0.1, 0.15) is 6.54 Å². The first kappa shape index (κ1) is 16.8. The standard InChI is InChI=1S/C15H28N2O3/c1-11(2)9-17(13-7-5-6-8-13)15(20)16(12(3)4)10-14(18)19/h11-13H,5-10H2,1-4H3,(H,18,19). The highest BCUT2D eigenvalue weighted by Gasteiger charge is 2.32. The zero-order chi connectivity index (χ0) is 15.3. The molecule has 0 aromatic carbocycles. The third-order valence-electron chi connectivity index (χ3n) is 3.75. The maximum Gasteiger partial charge on any atom is 0.323 e. The van der Waals surface area contributed by atoms with Crippen molar-refractivity contribution >= 4 is 12.0 Å². The van der Waals surface area contributed by atoms with Crippen LogP contribution in [0.5, 0.6) is 0 Å². The summed E-state index contributed by atoms with van der Waals surface area (Å²) in [5.41, 5.74) is 0. The first-order valence-corrected chi connectivity index (χ1v) is 7.62. The number of carboxylic acid groups (broad SMARTS) is 1. The summed E-state index contributed by atoms with van der Waals surface area (Å²) in [6.45, 7) is 8.38. The summed E-state index contributed by atoms with van der Waals surface area (Å²) in [7, 11) is 0. The fourth-order valence-corrected chi connectivity index (χ4v) is 2.77. The molecule has 0 bridgehead atoms. The van der Waals surface area contributed by atoms with Crippen LogP contribution in [0.1, 0.15) is 53.4 Å². The topological polar surface area (TPSA) is 60.9 Å². The van der Waals surface area contributed by atoms with Crippen molar-refractivity contribution in [3.05, 3.63) is 0 Å². The van der Waals surface area contributed by atoms with E-state index in [1.807, 2.05) is 18.7 Å². The van der Waals surface area contributed by atoms with Crippen molar-refractivity contribution in [3.63, 3.8) is 0 Å². The zero-order valence-electron chi connectivity index (χ0n) is 13.1. The van der Waals surface area contributed by atoms with E-state index < -0.39 is 5.97 Å². The van der Waals surface area contributed by atoms with Gasteiger partial charge in [0.25, 0.3) is 0 Å². The lowest BCUT2D eigenvalue weighted by atomic mass is 10.1. The molecule has 0 heterocycles. The number of nitrogens with zero attached hydrogens (tertiary/aromatic N) is 2. The van der Waals surface area contributed by atoms with E-state index in [0.717, 1.165) is 25.7 Å². The molecule has 0 radical (unpaired) electrons. The van der Waals surface area contributed by atoms with Gasteiger partial charge in [-0.1, -0.05) is 26.7 Å². The van der Waals surface area contributed by atoms with Crippen molar-refractivity contribution in [2.45, 2.75) is 65.5 Å². The highest BCUT2D eigenvalue weighted by molar-refractivity contribution is 5.80. The maximum absolute atomic E-state index is 12.7. The van der Waals surface area contributed by atoms with Crippen molar-refractivity contribution in [1.82, 2.24) is 9.80 Å². The second-order valence-electron chi connectivity index (χ2n) is 6.38. The lowest BCUT2D eigenvalue weighted by molar-refractivity contribution is -0.138. The van der Waals surface area contributed by atoms with Gasteiger partial charge in [-0.25, -0.2) is 4.79 Å². The molecule has 0 atom stereocenters. The van der Waals surface area contributed by atoms with Crippen molar-refractivity contribution in [1.29, 1.82) is 0 Å². The SMILES string of the molecule is CC(C)CN(C(=O)N(CC(=O)O)C(C)C)C1CCCC1. The fraction of sp³-hybridized carbons (Fsp3) is 0.867. The molecule has 1 fully saturated rings. The summed E-state index contributed by atoms with van der Waals surface area (Å²) in [4.78, 5) is 27.1. The minimum Gasteiger partial charge on any atom is -0.480 e. The van der Waals surface area contributed by atoms with Crippen LogP contribution in [0.3, 0.4) is 0 Å². The molecule has 1 aliphatic carbocycles. The number of hydrogen-bond donors (Lipinski definition) is 1. The Balaban J connectivity index is 2.85. The molecule has 5 heteroatoms. The van der Waals surface area contributed by atoms with Gasteiger partial charge in [-0.2, -0.15) is 0 Å². The highest BCUT2D eigenvalue weighted by atomic mass is 16.4. The average molecular weight is 284 g/mol. The van der Waals surface area contributed by atoms with Crippen LogP contribution in [0.4, 0.5) is 4.79 Å². The number of rotatable bonds is 6. The smallest absolute Gasteiger partial charge is 0.323 e. The first-order valence-electron chi connectivity index (χ1n) is 7.62. The molecule has 2 amide bonds. The van der Waals surface area contributed by atoms with Gasteiger partial charge in [0.2, 0.25) is 0 Å². The summed E-state index contributed by atoms with van der Waals surface area (Å²) in [6, 6.07) is 0.0533. The first-order chi connectivity index (χ1) is 9.32. The molecule has 20 heavy (non-hydrogen) atoms. The van der Waals surface area contributed by atoms with Gasteiger partial charge in [-0.05, 0) is 32.6 Å². The fourth-order valence-electron chi connectivity index (χ4n) is 2.77. The van der Waals surface area contributed by atoms with Crippen molar-refractivity contribution in [3.8, 4) is 0 Å². The Labute approximate surface area is 121 Å². The monoisotopic (exact) mass is 284 g/mol. The third-order valence-corrected chi connectivity index (χ3v) is 3.75. The number of carbonyl (C=O) groups excluding carboxylic acids is 1. The second kappa shape index (κ2) is 7.50. The van der Waals surface area contributed by atoms with E-state index in [2.05, 4.69) is 13.8 Å². The quantitative estimate of drug-likeness (QED) is 0.816. The molecular weight excluding hydrogens is 256 g/mol. The van der Waals surface area contributed by atoms with Gasteiger partial charge >= 0.3 is 12.0 Å². The normalized spacial score (nSPS) is 15.9. The second-order valence-corrected chi connectivity index (χ2v) is 6.38. The van der Waals surface area contributed by atoms with Gasteiger partial charge in [0.15, 0.2) is 0 Å². The Morgan fingerprint density at radius 2 is 1.70 bits per heavy atom. The molecule has 1 aliphatic rings. The minimum absolute atomic E-state index is 0.102. The molecule has 116 valence electrons. The van der Waals surface area contributed by atoms with E-state index in [1.54, 1.807) is 0 Å². The number of aliphatic carboxylic acids is 1. The van der Waals surface area contributed by atoms with Crippen LogP contribution in [0.2, 0.25) is 0 Å². The summed E-state index contributed by atoms with van der Waals surface area (Å²) in [5.74, 6) is -0.568. The molecule has 1 rings (SSSR count). The number of hydrogen-bond acceptors (Lipinski definition) is 2. The van der Waals surface area contributed by atoms with E-state index in [1.165, 1.54) is 4.90 Å². The van der Waals surface area contributed by atoms with Gasteiger partial charge in [-0.15, -0.1) is 0 Å². The Bertz CT molecular complexity index is 336. The van der Waals surface area contributed by atoms with Crippen LogP contribution in [0.15, 0.2) is 0 Å². The number of carboxylic acids is 1. The van der Waals surface area contributed by atoms with Crippen LogP contribution in [-0.2, 0) is 4.79 Å². The van der Waals surface area contributed by atoms with Crippen LogP contribution in [-0.4, -0.2) is 52.1 Å². The van der Waals surface area contributed by atoms with Crippen LogP contribution in [0.25, 0.3) is 0 Å². The molecular formula is C15H28N2O3. The Kier molecular flexibility index (Phi) is 6.30. The largest absolute Gasteiger partial charge is 0.480 e. The number of carbonyl (C=O) groups is 2. The average Bonchev–Trinajstić information content (AvgIpc) is 2.85. The van der Waals surface area contributed by atoms with Crippen LogP contribution in [0, 0.1) is 5.92 Å². The molecule has 0 unspecified atom stereocenters. The van der Waals surface area contributed by atoms with Crippen LogP contribution < -0.4 is 0 Å². The molecule has 0 aliphatic heterocycles. The van der Waals surface area contributed by atoms with E-state index >= 15 is 0 Å². The highest BCUT2D eigenvalue weighted by Crippen LogP contribution is 2.25. The Hall–Kier alpha value is -1.26. The van der Waals surface area contributed by atoms with Crippen molar-refractivity contribution < 1.29 is 14.7 Å². The zero-order valence-corrected chi connectivity index (χ0v) is 13.1. The number of amides is 2.